The van der Waals surface area contributed by atoms with Crippen LogP contribution in [0.15, 0.2) is 21.3 Å². The number of likely N-dealkylation sites (tertiary alicyclic amines) is 1. The molecule has 0 radical (unpaired) electrons. The molecule has 0 unspecified atom stereocenters. The Balaban J connectivity index is 1.73. The zero-order valence-electron chi connectivity index (χ0n) is 11.1. The summed E-state index contributed by atoms with van der Waals surface area (Å²) in [5, 5.41) is 3.82. The Morgan fingerprint density at radius 1 is 1.60 bits per heavy atom. The third kappa shape index (κ3) is 2.63. The SMILES string of the molecule is Cc1noc([C@H]2CCCN(C(=O)c3cc(Br)c[nH]3)C2)n1. The molecule has 7 heteroatoms. The highest BCUT2D eigenvalue weighted by molar-refractivity contribution is 9.10. The number of aryl methyl sites for hydroxylation is 1. The first-order chi connectivity index (χ1) is 9.63. The molecule has 1 atom stereocenters. The molecule has 20 heavy (non-hydrogen) atoms. The zero-order chi connectivity index (χ0) is 14.1. The molecule has 1 N–H and O–H groups in total. The second-order valence-electron chi connectivity index (χ2n) is 5.00. The monoisotopic (exact) mass is 338 g/mol. The molecule has 1 aliphatic heterocycles. The summed E-state index contributed by atoms with van der Waals surface area (Å²) in [5.74, 6) is 1.41. The van der Waals surface area contributed by atoms with Crippen LogP contribution in [0.2, 0.25) is 0 Å². The number of nitrogens with zero attached hydrogens (tertiary/aromatic N) is 3. The maximum Gasteiger partial charge on any atom is 0.270 e. The van der Waals surface area contributed by atoms with Crippen molar-refractivity contribution in [1.29, 1.82) is 0 Å². The molecule has 2 aromatic heterocycles. The lowest BCUT2D eigenvalue weighted by atomic mass is 9.97. The Hall–Kier alpha value is -1.63. The van der Waals surface area contributed by atoms with E-state index in [1.165, 1.54) is 0 Å². The molecule has 3 heterocycles. The average Bonchev–Trinajstić information content (AvgIpc) is 3.07. The van der Waals surface area contributed by atoms with Gasteiger partial charge in [0.15, 0.2) is 5.82 Å². The number of nitrogens with one attached hydrogen (secondary N) is 1. The number of carbonyl (C=O) groups excluding carboxylic acids is 1. The molecule has 6 nitrogen and oxygen atoms in total. The van der Waals surface area contributed by atoms with Crippen molar-refractivity contribution in [2.24, 2.45) is 0 Å². The van der Waals surface area contributed by atoms with Gasteiger partial charge in [0.1, 0.15) is 5.69 Å². The van der Waals surface area contributed by atoms with E-state index in [0.717, 1.165) is 23.9 Å². The van der Waals surface area contributed by atoms with Gasteiger partial charge in [-0.2, -0.15) is 4.98 Å². The Bertz CT molecular complexity index is 621. The Kier molecular flexibility index (Phi) is 3.60. The van der Waals surface area contributed by atoms with Crippen molar-refractivity contribution >= 4 is 21.8 Å². The fourth-order valence-corrected chi connectivity index (χ4v) is 2.85. The lowest BCUT2D eigenvalue weighted by molar-refractivity contribution is 0.0690. The molecular weight excluding hydrogens is 324 g/mol. The van der Waals surface area contributed by atoms with Gasteiger partial charge in [-0.1, -0.05) is 5.16 Å². The number of aromatic amines is 1. The summed E-state index contributed by atoms with van der Waals surface area (Å²) in [6, 6.07) is 1.79. The largest absolute Gasteiger partial charge is 0.356 e. The minimum atomic E-state index is 0.0108. The van der Waals surface area contributed by atoms with Crippen molar-refractivity contribution < 1.29 is 9.32 Å². The van der Waals surface area contributed by atoms with Crippen LogP contribution in [0.1, 0.15) is 41.0 Å². The maximum atomic E-state index is 12.4. The normalized spacial score (nSPS) is 19.3. The van der Waals surface area contributed by atoms with Gasteiger partial charge in [0.25, 0.3) is 5.91 Å². The fraction of sp³-hybridized carbons (Fsp3) is 0.462. The van der Waals surface area contributed by atoms with E-state index < -0.39 is 0 Å². The van der Waals surface area contributed by atoms with E-state index in [1.54, 1.807) is 19.2 Å². The molecule has 2 aromatic rings. The van der Waals surface area contributed by atoms with E-state index in [9.17, 15) is 4.79 Å². The topological polar surface area (TPSA) is 75.0 Å². The zero-order valence-corrected chi connectivity index (χ0v) is 12.7. The molecule has 0 spiro atoms. The van der Waals surface area contributed by atoms with Gasteiger partial charge in [-0.3, -0.25) is 4.79 Å². The van der Waals surface area contributed by atoms with Crippen LogP contribution in [0.3, 0.4) is 0 Å². The predicted molar refractivity (Wildman–Crippen MR) is 75.4 cm³/mol. The summed E-state index contributed by atoms with van der Waals surface area (Å²) in [5.41, 5.74) is 0.597. The van der Waals surface area contributed by atoms with Gasteiger partial charge < -0.3 is 14.4 Å². The third-order valence-corrected chi connectivity index (χ3v) is 3.94. The lowest BCUT2D eigenvalue weighted by Crippen LogP contribution is -2.39. The third-order valence-electron chi connectivity index (χ3n) is 3.48. The van der Waals surface area contributed by atoms with Gasteiger partial charge >= 0.3 is 0 Å². The number of carbonyl (C=O) groups is 1. The number of rotatable bonds is 2. The minimum absolute atomic E-state index is 0.0108. The number of piperidine rings is 1. The fourth-order valence-electron chi connectivity index (χ4n) is 2.50. The molecular formula is C13H15BrN4O2. The average molecular weight is 339 g/mol. The first kappa shape index (κ1) is 13.4. The van der Waals surface area contributed by atoms with Crippen molar-refractivity contribution in [2.75, 3.05) is 13.1 Å². The van der Waals surface area contributed by atoms with Crippen molar-refractivity contribution in [3.05, 3.63) is 34.1 Å². The number of hydrogen-bond acceptors (Lipinski definition) is 4. The summed E-state index contributed by atoms with van der Waals surface area (Å²) in [7, 11) is 0. The summed E-state index contributed by atoms with van der Waals surface area (Å²) in [4.78, 5) is 21.5. The summed E-state index contributed by atoms with van der Waals surface area (Å²) in [6.45, 7) is 3.19. The first-order valence-corrected chi connectivity index (χ1v) is 7.36. The Morgan fingerprint density at radius 3 is 3.10 bits per heavy atom. The van der Waals surface area contributed by atoms with Crippen molar-refractivity contribution in [3.63, 3.8) is 0 Å². The first-order valence-electron chi connectivity index (χ1n) is 6.57. The molecule has 0 aromatic carbocycles. The highest BCUT2D eigenvalue weighted by Crippen LogP contribution is 2.26. The highest BCUT2D eigenvalue weighted by Gasteiger charge is 2.29. The molecule has 1 saturated heterocycles. The van der Waals surface area contributed by atoms with Crippen molar-refractivity contribution in [2.45, 2.75) is 25.7 Å². The van der Waals surface area contributed by atoms with Crippen LogP contribution in [-0.2, 0) is 0 Å². The Morgan fingerprint density at radius 2 is 2.45 bits per heavy atom. The van der Waals surface area contributed by atoms with Crippen LogP contribution < -0.4 is 0 Å². The molecule has 0 aliphatic carbocycles. The van der Waals surface area contributed by atoms with E-state index >= 15 is 0 Å². The molecule has 0 saturated carbocycles. The van der Waals surface area contributed by atoms with Crippen LogP contribution in [0.5, 0.6) is 0 Å². The van der Waals surface area contributed by atoms with Crippen LogP contribution in [0.25, 0.3) is 0 Å². The van der Waals surface area contributed by atoms with Crippen LogP contribution in [-0.4, -0.2) is 39.0 Å². The van der Waals surface area contributed by atoms with E-state index in [-0.39, 0.29) is 11.8 Å². The lowest BCUT2D eigenvalue weighted by Gasteiger charge is -2.30. The second-order valence-corrected chi connectivity index (χ2v) is 5.92. The van der Waals surface area contributed by atoms with Crippen LogP contribution >= 0.6 is 15.9 Å². The quantitative estimate of drug-likeness (QED) is 0.912. The summed E-state index contributed by atoms with van der Waals surface area (Å²) < 4.78 is 6.10. The van der Waals surface area contributed by atoms with Gasteiger partial charge in [0, 0.05) is 23.8 Å². The highest BCUT2D eigenvalue weighted by atomic mass is 79.9. The molecule has 0 bridgehead atoms. The Labute approximate surface area is 124 Å². The predicted octanol–water partition coefficient (Wildman–Crippen LogP) is 2.49. The van der Waals surface area contributed by atoms with Gasteiger partial charge in [-0.25, -0.2) is 0 Å². The number of hydrogen-bond donors (Lipinski definition) is 1. The van der Waals surface area contributed by atoms with E-state index in [4.69, 9.17) is 4.52 Å². The second kappa shape index (κ2) is 5.40. The van der Waals surface area contributed by atoms with E-state index in [2.05, 4.69) is 31.1 Å². The molecule has 106 valence electrons. The smallest absolute Gasteiger partial charge is 0.270 e. The number of H-pyrrole nitrogens is 1. The number of amides is 1. The van der Waals surface area contributed by atoms with Gasteiger partial charge in [0.2, 0.25) is 5.89 Å². The summed E-state index contributed by atoms with van der Waals surface area (Å²) >= 11 is 3.34. The number of aromatic nitrogens is 3. The van der Waals surface area contributed by atoms with E-state index in [1.807, 2.05) is 4.90 Å². The van der Waals surface area contributed by atoms with Gasteiger partial charge in [-0.15, -0.1) is 0 Å². The molecule has 1 fully saturated rings. The number of halogens is 1. The standard InChI is InChI=1S/C13H15BrN4O2/c1-8-16-12(20-17-8)9-3-2-4-18(7-9)13(19)11-5-10(14)6-15-11/h5-6,9,15H,2-4,7H2,1H3/t9-/m0/s1. The van der Waals surface area contributed by atoms with E-state index in [0.29, 0.717) is 24.0 Å². The molecule has 1 aliphatic rings. The summed E-state index contributed by atoms with van der Waals surface area (Å²) in [6.07, 6.45) is 3.68. The minimum Gasteiger partial charge on any atom is -0.356 e. The van der Waals surface area contributed by atoms with Crippen molar-refractivity contribution in [3.8, 4) is 0 Å². The van der Waals surface area contributed by atoms with Crippen molar-refractivity contribution in [1.82, 2.24) is 20.0 Å². The molecule has 1 amide bonds. The molecule has 3 rings (SSSR count). The van der Waals surface area contributed by atoms with Gasteiger partial charge in [-0.05, 0) is 41.8 Å². The van der Waals surface area contributed by atoms with Gasteiger partial charge in [0.05, 0.1) is 5.92 Å². The maximum absolute atomic E-state index is 12.4. The van der Waals surface area contributed by atoms with Crippen LogP contribution in [0.4, 0.5) is 0 Å². The van der Waals surface area contributed by atoms with Crippen LogP contribution in [0, 0.1) is 6.92 Å².